The first-order valence-corrected chi connectivity index (χ1v) is 24.2. The zero-order chi connectivity index (χ0) is 47.6. The van der Waals surface area contributed by atoms with E-state index in [4.69, 9.17) is 18.9 Å². The summed E-state index contributed by atoms with van der Waals surface area (Å²) in [5, 5.41) is 16.3. The van der Waals surface area contributed by atoms with Gasteiger partial charge in [-0.25, -0.2) is 4.98 Å². The molecule has 0 radical (unpaired) electrons. The molecule has 3 N–H and O–H groups in total. The van der Waals surface area contributed by atoms with Gasteiger partial charge in [-0.05, 0) is 34.6 Å². The van der Waals surface area contributed by atoms with Crippen molar-refractivity contribution in [3.63, 3.8) is 0 Å². The predicted molar refractivity (Wildman–Crippen MR) is 257 cm³/mol. The molecule has 0 saturated carbocycles. The Morgan fingerprint density at radius 1 is 0.761 bits per heavy atom. The van der Waals surface area contributed by atoms with Crippen LogP contribution in [-0.2, 0) is 44.7 Å². The number of carbonyl (C=O) groups excluding carboxylic acids is 4. The average molecular weight is 941 g/mol. The SMILES string of the molecule is Cc1ncsc1-c1ccc(CNC(=O)[C@@H]2C[C@@H](O)CN2C(=O)[C@@H](NC(=O)CCOCCOCCOCCOCCC(=O)N2CCN(C(c3ccccc3)c3ccccc3)CC2)C(C)(C)C)cc1. The first-order chi connectivity index (χ1) is 32.4. The van der Waals surface area contributed by atoms with Crippen LogP contribution in [0.4, 0.5) is 0 Å². The Kier molecular flexibility index (Phi) is 19.8. The maximum Gasteiger partial charge on any atom is 0.246 e. The standard InChI is InChI=1S/C51H68N6O9S/c1-37-47(67-36-53-37)41-17-15-38(16-18-41)34-52-49(61)43-33-42(58)35-57(43)50(62)48(51(2,3)4)54-44(59)19-25-63-27-29-65-31-32-66-30-28-64-26-20-45(60)55-21-23-56(24-22-55)46(39-11-7-5-8-12-39)40-13-9-6-10-14-40/h5-18,36,42-43,46,48,58H,19-35H2,1-4H3,(H,52,61)(H,54,59)/t42-,43+,48-/m1/s1. The lowest BCUT2D eigenvalue weighted by Crippen LogP contribution is -2.57. The third kappa shape index (κ3) is 15.5. The van der Waals surface area contributed by atoms with Gasteiger partial charge in [0.15, 0.2) is 0 Å². The Balaban J connectivity index is 0.787. The van der Waals surface area contributed by atoms with Gasteiger partial charge in [-0.2, -0.15) is 0 Å². The molecule has 2 saturated heterocycles. The van der Waals surface area contributed by atoms with Crippen LogP contribution >= 0.6 is 11.3 Å². The van der Waals surface area contributed by atoms with Crippen molar-refractivity contribution in [1.82, 2.24) is 30.3 Å². The smallest absolute Gasteiger partial charge is 0.246 e. The molecule has 6 rings (SSSR count). The summed E-state index contributed by atoms with van der Waals surface area (Å²) in [6.45, 7) is 13.3. The number of ether oxygens (including phenoxy) is 4. The topological polar surface area (TPSA) is 172 Å². The molecule has 16 heteroatoms. The highest BCUT2D eigenvalue weighted by Crippen LogP contribution is 2.31. The van der Waals surface area contributed by atoms with E-state index in [0.717, 1.165) is 34.8 Å². The van der Waals surface area contributed by atoms with Crippen LogP contribution in [0, 0.1) is 12.3 Å². The van der Waals surface area contributed by atoms with E-state index in [9.17, 15) is 24.3 Å². The van der Waals surface area contributed by atoms with Gasteiger partial charge in [0.1, 0.15) is 12.1 Å². The molecule has 2 aliphatic rings. The third-order valence-electron chi connectivity index (χ3n) is 12.0. The fraction of sp³-hybridized carbons (Fsp3) is 0.510. The lowest BCUT2D eigenvalue weighted by atomic mass is 9.85. The van der Waals surface area contributed by atoms with Crippen molar-refractivity contribution in [2.75, 3.05) is 85.6 Å². The van der Waals surface area contributed by atoms with Crippen LogP contribution in [0.5, 0.6) is 0 Å². The number of thiazole rings is 1. The van der Waals surface area contributed by atoms with Crippen LogP contribution in [0.2, 0.25) is 0 Å². The van der Waals surface area contributed by atoms with Crippen molar-refractivity contribution >= 4 is 35.0 Å². The van der Waals surface area contributed by atoms with Crippen molar-refractivity contribution in [1.29, 1.82) is 0 Å². The predicted octanol–water partition coefficient (Wildman–Crippen LogP) is 5.01. The van der Waals surface area contributed by atoms with Crippen LogP contribution in [0.3, 0.4) is 0 Å². The van der Waals surface area contributed by atoms with E-state index in [-0.39, 0.29) is 62.9 Å². The van der Waals surface area contributed by atoms with Gasteiger partial charge >= 0.3 is 0 Å². The first-order valence-electron chi connectivity index (χ1n) is 23.4. The second-order valence-electron chi connectivity index (χ2n) is 18.0. The van der Waals surface area contributed by atoms with Gasteiger partial charge < -0.3 is 44.5 Å². The Hall–Kier alpha value is -5.07. The van der Waals surface area contributed by atoms with E-state index < -0.39 is 29.5 Å². The minimum Gasteiger partial charge on any atom is -0.391 e. The molecule has 3 aromatic carbocycles. The molecule has 1 aromatic heterocycles. The maximum atomic E-state index is 13.9. The molecule has 3 heterocycles. The molecule has 3 atom stereocenters. The number of benzene rings is 3. The summed E-state index contributed by atoms with van der Waals surface area (Å²) >= 11 is 1.58. The third-order valence-corrected chi connectivity index (χ3v) is 13.0. The highest BCUT2D eigenvalue weighted by Gasteiger charge is 2.44. The monoisotopic (exact) mass is 940 g/mol. The molecule has 2 fully saturated rings. The summed E-state index contributed by atoms with van der Waals surface area (Å²) < 4.78 is 22.5. The summed E-state index contributed by atoms with van der Waals surface area (Å²) in [6, 6.07) is 27.3. The molecule has 0 unspecified atom stereocenters. The number of aryl methyl sites for hydroxylation is 1. The van der Waals surface area contributed by atoms with E-state index in [2.05, 4.69) is 69.0 Å². The molecular weight excluding hydrogens is 873 g/mol. The number of nitrogens with one attached hydrogen (secondary N) is 2. The van der Waals surface area contributed by atoms with Crippen molar-refractivity contribution < 1.29 is 43.2 Å². The van der Waals surface area contributed by atoms with Crippen molar-refractivity contribution in [2.45, 2.75) is 77.7 Å². The summed E-state index contributed by atoms with van der Waals surface area (Å²) in [5.74, 6) is -1.04. The number of amides is 4. The fourth-order valence-corrected chi connectivity index (χ4v) is 9.18. The molecule has 362 valence electrons. The normalized spacial score (nSPS) is 17.2. The van der Waals surface area contributed by atoms with Crippen LogP contribution in [0.25, 0.3) is 10.4 Å². The largest absolute Gasteiger partial charge is 0.391 e. The molecule has 4 aromatic rings. The molecular formula is C51H68N6O9S. The minimum atomic E-state index is -0.925. The van der Waals surface area contributed by atoms with Gasteiger partial charge in [0.25, 0.3) is 0 Å². The van der Waals surface area contributed by atoms with Gasteiger partial charge in [0.2, 0.25) is 23.6 Å². The van der Waals surface area contributed by atoms with Crippen molar-refractivity contribution in [2.24, 2.45) is 5.41 Å². The summed E-state index contributed by atoms with van der Waals surface area (Å²) in [7, 11) is 0. The van der Waals surface area contributed by atoms with E-state index in [1.807, 2.05) is 74.5 Å². The van der Waals surface area contributed by atoms with E-state index >= 15 is 0 Å². The number of aliphatic hydroxyl groups excluding tert-OH is 1. The highest BCUT2D eigenvalue weighted by molar-refractivity contribution is 7.13. The van der Waals surface area contributed by atoms with Gasteiger partial charge in [0.05, 0.1) is 87.5 Å². The molecule has 2 aliphatic heterocycles. The lowest BCUT2D eigenvalue weighted by Gasteiger charge is -2.39. The number of rotatable bonds is 24. The maximum absolute atomic E-state index is 13.9. The molecule has 15 nitrogen and oxygen atoms in total. The molecule has 0 spiro atoms. The van der Waals surface area contributed by atoms with E-state index in [1.165, 1.54) is 16.0 Å². The number of likely N-dealkylation sites (tertiary alicyclic amines) is 1. The first kappa shape index (κ1) is 51.3. The minimum absolute atomic E-state index is 0.00177. The number of hydrogen-bond acceptors (Lipinski definition) is 12. The second kappa shape index (κ2) is 25.9. The summed E-state index contributed by atoms with van der Waals surface area (Å²) in [5.41, 5.74) is 6.56. The number of aliphatic hydroxyl groups is 1. The molecule has 0 bridgehead atoms. The number of aromatic nitrogens is 1. The van der Waals surface area contributed by atoms with Crippen LogP contribution < -0.4 is 10.6 Å². The number of hydrogen-bond donors (Lipinski definition) is 3. The van der Waals surface area contributed by atoms with Gasteiger partial charge in [-0.3, -0.25) is 24.1 Å². The van der Waals surface area contributed by atoms with Gasteiger partial charge in [-0.15, -0.1) is 11.3 Å². The van der Waals surface area contributed by atoms with Gasteiger partial charge in [0, 0.05) is 52.1 Å². The van der Waals surface area contributed by atoms with Crippen LogP contribution in [0.1, 0.15) is 68.5 Å². The number of piperazine rings is 1. The summed E-state index contributed by atoms with van der Waals surface area (Å²) in [4.78, 5) is 64.5. The highest BCUT2D eigenvalue weighted by atomic mass is 32.1. The number of nitrogens with zero attached hydrogens (tertiary/aromatic N) is 4. The van der Waals surface area contributed by atoms with E-state index in [1.54, 1.807) is 11.3 Å². The Bertz CT molecular complexity index is 2110. The second-order valence-corrected chi connectivity index (χ2v) is 18.9. The average Bonchev–Trinajstić information content (AvgIpc) is 3.95. The van der Waals surface area contributed by atoms with Crippen molar-refractivity contribution in [3.05, 3.63) is 113 Å². The number of carbonyl (C=O) groups is 4. The molecule has 67 heavy (non-hydrogen) atoms. The Morgan fingerprint density at radius 3 is 1.85 bits per heavy atom. The molecule has 0 aliphatic carbocycles. The van der Waals surface area contributed by atoms with Crippen LogP contribution in [0.15, 0.2) is 90.4 Å². The zero-order valence-electron chi connectivity index (χ0n) is 39.4. The Morgan fingerprint density at radius 2 is 1.31 bits per heavy atom. The van der Waals surface area contributed by atoms with Gasteiger partial charge in [-0.1, -0.05) is 106 Å². The zero-order valence-corrected chi connectivity index (χ0v) is 40.2. The lowest BCUT2D eigenvalue weighted by molar-refractivity contribution is -0.144. The Labute approximate surface area is 399 Å². The quantitative estimate of drug-likeness (QED) is 0.0808. The van der Waals surface area contributed by atoms with Crippen LogP contribution in [-0.4, -0.2) is 152 Å². The van der Waals surface area contributed by atoms with Crippen molar-refractivity contribution in [3.8, 4) is 10.4 Å². The van der Waals surface area contributed by atoms with E-state index in [0.29, 0.717) is 59.2 Å². The number of β-amino-alcohol motifs (C(OH)–C–C–N with tert-alkyl or cyclic N) is 1. The summed E-state index contributed by atoms with van der Waals surface area (Å²) in [6.07, 6.45) is -0.389. The fourth-order valence-electron chi connectivity index (χ4n) is 8.37. The molecule has 4 amide bonds.